The van der Waals surface area contributed by atoms with E-state index in [1.165, 1.54) is 5.56 Å². The summed E-state index contributed by atoms with van der Waals surface area (Å²) >= 11 is 0. The molecule has 0 spiro atoms. The Bertz CT molecular complexity index is 847. The maximum absolute atomic E-state index is 12.6. The molecule has 3 aromatic carbocycles. The van der Waals surface area contributed by atoms with Crippen LogP contribution in [0.15, 0.2) is 84.9 Å². The highest BCUT2D eigenvalue weighted by Gasteiger charge is 2.11. The number of ether oxygens (including phenoxy) is 1. The molecule has 0 radical (unpaired) electrons. The average molecular weight is 359 g/mol. The molecule has 0 aliphatic rings. The van der Waals surface area contributed by atoms with Gasteiger partial charge in [0.15, 0.2) is 0 Å². The maximum atomic E-state index is 12.6. The topological polar surface area (TPSA) is 38.3 Å². The Morgan fingerprint density at radius 2 is 1.52 bits per heavy atom. The van der Waals surface area contributed by atoms with Crippen molar-refractivity contribution in [3.05, 3.63) is 96.1 Å². The molecular formula is C24H25NO2. The predicted octanol–water partition coefficient (Wildman–Crippen LogP) is 5.25. The molecule has 1 N–H and O–H groups in total. The third-order valence-corrected chi connectivity index (χ3v) is 4.50. The predicted molar refractivity (Wildman–Crippen MR) is 110 cm³/mol. The first-order valence-electron chi connectivity index (χ1n) is 9.35. The van der Waals surface area contributed by atoms with Gasteiger partial charge in [-0.05, 0) is 36.1 Å². The van der Waals surface area contributed by atoms with Gasteiger partial charge in [-0.25, -0.2) is 0 Å². The third kappa shape index (κ3) is 5.28. The smallest absolute Gasteiger partial charge is 0.251 e. The van der Waals surface area contributed by atoms with E-state index in [0.717, 1.165) is 17.5 Å². The molecular weight excluding hydrogens is 334 g/mol. The van der Waals surface area contributed by atoms with E-state index in [0.29, 0.717) is 18.7 Å². The molecule has 27 heavy (non-hydrogen) atoms. The summed E-state index contributed by atoms with van der Waals surface area (Å²) in [7, 11) is 0. The van der Waals surface area contributed by atoms with Gasteiger partial charge in [-0.2, -0.15) is 0 Å². The van der Waals surface area contributed by atoms with Gasteiger partial charge in [-0.3, -0.25) is 4.79 Å². The molecule has 0 aliphatic heterocycles. The standard InChI is InChI=1S/C24H25NO2/c1-19(20-11-4-2-5-12-20)27-18-10-17-25-24(26)23-16-9-8-15-22(23)21-13-6-3-7-14-21/h2-9,11-16,19H,10,17-18H2,1H3,(H,25,26). The lowest BCUT2D eigenvalue weighted by atomic mass is 9.99. The molecule has 138 valence electrons. The van der Waals surface area contributed by atoms with Gasteiger partial charge in [0, 0.05) is 18.7 Å². The zero-order valence-corrected chi connectivity index (χ0v) is 15.6. The first-order chi connectivity index (χ1) is 13.3. The lowest BCUT2D eigenvalue weighted by Gasteiger charge is -2.14. The molecule has 0 heterocycles. The molecule has 0 aromatic heterocycles. The number of benzene rings is 3. The van der Waals surface area contributed by atoms with Crippen LogP contribution < -0.4 is 5.32 Å². The number of carbonyl (C=O) groups is 1. The second kappa shape index (κ2) is 9.70. The minimum atomic E-state index is -0.0504. The Kier molecular flexibility index (Phi) is 6.78. The molecule has 3 rings (SSSR count). The molecule has 3 nitrogen and oxygen atoms in total. The Balaban J connectivity index is 1.49. The number of nitrogens with one attached hydrogen (secondary N) is 1. The summed E-state index contributed by atoms with van der Waals surface area (Å²) in [5, 5.41) is 3.00. The van der Waals surface area contributed by atoms with Gasteiger partial charge in [-0.1, -0.05) is 78.9 Å². The summed E-state index contributed by atoms with van der Waals surface area (Å²) in [5.41, 5.74) is 3.86. The normalized spacial score (nSPS) is 11.7. The second-order valence-electron chi connectivity index (χ2n) is 6.44. The van der Waals surface area contributed by atoms with Crippen molar-refractivity contribution in [3.8, 4) is 11.1 Å². The molecule has 0 fully saturated rings. The molecule has 3 aromatic rings. The number of carbonyl (C=O) groups excluding carboxylic acids is 1. The van der Waals surface area contributed by atoms with Crippen molar-refractivity contribution in [2.75, 3.05) is 13.2 Å². The van der Waals surface area contributed by atoms with Crippen molar-refractivity contribution in [2.24, 2.45) is 0 Å². The van der Waals surface area contributed by atoms with E-state index in [4.69, 9.17) is 4.74 Å². The van der Waals surface area contributed by atoms with Crippen LogP contribution in [0, 0.1) is 0 Å². The Hall–Kier alpha value is -2.91. The number of rotatable bonds is 8. The van der Waals surface area contributed by atoms with E-state index < -0.39 is 0 Å². The third-order valence-electron chi connectivity index (χ3n) is 4.50. The van der Waals surface area contributed by atoms with E-state index in [2.05, 4.69) is 17.4 Å². The molecule has 1 amide bonds. The van der Waals surface area contributed by atoms with Gasteiger partial charge in [0.25, 0.3) is 5.91 Å². The van der Waals surface area contributed by atoms with E-state index in [1.54, 1.807) is 0 Å². The Morgan fingerprint density at radius 1 is 0.889 bits per heavy atom. The fraction of sp³-hybridized carbons (Fsp3) is 0.208. The minimum Gasteiger partial charge on any atom is -0.374 e. The molecule has 0 bridgehead atoms. The van der Waals surface area contributed by atoms with Crippen LogP contribution in [0.5, 0.6) is 0 Å². The van der Waals surface area contributed by atoms with Crippen LogP contribution in [0.25, 0.3) is 11.1 Å². The Morgan fingerprint density at radius 3 is 2.26 bits per heavy atom. The SMILES string of the molecule is CC(OCCCNC(=O)c1ccccc1-c1ccccc1)c1ccccc1. The molecule has 1 unspecified atom stereocenters. The monoisotopic (exact) mass is 359 g/mol. The van der Waals surface area contributed by atoms with Gasteiger partial charge >= 0.3 is 0 Å². The van der Waals surface area contributed by atoms with Gasteiger partial charge in [0.05, 0.1) is 6.10 Å². The molecule has 0 saturated heterocycles. The summed E-state index contributed by atoms with van der Waals surface area (Å²) in [4.78, 5) is 12.6. The van der Waals surface area contributed by atoms with E-state index in [-0.39, 0.29) is 12.0 Å². The Labute approximate surface area is 161 Å². The zero-order chi connectivity index (χ0) is 18.9. The van der Waals surface area contributed by atoms with Gasteiger partial charge < -0.3 is 10.1 Å². The van der Waals surface area contributed by atoms with Crippen molar-refractivity contribution < 1.29 is 9.53 Å². The minimum absolute atomic E-state index is 0.0504. The second-order valence-corrected chi connectivity index (χ2v) is 6.44. The van der Waals surface area contributed by atoms with Gasteiger partial charge in [0.2, 0.25) is 0 Å². The lowest BCUT2D eigenvalue weighted by Crippen LogP contribution is -2.26. The van der Waals surface area contributed by atoms with Crippen molar-refractivity contribution >= 4 is 5.91 Å². The van der Waals surface area contributed by atoms with Crippen molar-refractivity contribution in [2.45, 2.75) is 19.4 Å². The van der Waals surface area contributed by atoms with Crippen molar-refractivity contribution in [1.82, 2.24) is 5.32 Å². The molecule has 1 atom stereocenters. The fourth-order valence-electron chi connectivity index (χ4n) is 3.00. The first-order valence-corrected chi connectivity index (χ1v) is 9.35. The number of hydrogen-bond acceptors (Lipinski definition) is 2. The first kappa shape index (κ1) is 18.9. The van der Waals surface area contributed by atoms with Gasteiger partial charge in [-0.15, -0.1) is 0 Å². The van der Waals surface area contributed by atoms with Crippen LogP contribution in [0.3, 0.4) is 0 Å². The average Bonchev–Trinajstić information content (AvgIpc) is 2.74. The van der Waals surface area contributed by atoms with Crippen molar-refractivity contribution in [3.63, 3.8) is 0 Å². The highest BCUT2D eigenvalue weighted by atomic mass is 16.5. The maximum Gasteiger partial charge on any atom is 0.251 e. The number of amides is 1. The van der Waals surface area contributed by atoms with Crippen LogP contribution in [-0.4, -0.2) is 19.1 Å². The summed E-state index contributed by atoms with van der Waals surface area (Å²) in [5.74, 6) is -0.0504. The lowest BCUT2D eigenvalue weighted by molar-refractivity contribution is 0.0635. The molecule has 3 heteroatoms. The quantitative estimate of drug-likeness (QED) is 0.558. The zero-order valence-electron chi connectivity index (χ0n) is 15.6. The van der Waals surface area contributed by atoms with Crippen molar-refractivity contribution in [1.29, 1.82) is 0 Å². The largest absolute Gasteiger partial charge is 0.374 e. The van der Waals surface area contributed by atoms with E-state index in [1.807, 2.05) is 79.7 Å². The highest BCUT2D eigenvalue weighted by Crippen LogP contribution is 2.23. The van der Waals surface area contributed by atoms with Crippen LogP contribution in [0.1, 0.15) is 35.4 Å². The summed E-state index contributed by atoms with van der Waals surface area (Å²) in [6.45, 7) is 3.24. The summed E-state index contributed by atoms with van der Waals surface area (Å²) in [6, 6.07) is 27.8. The van der Waals surface area contributed by atoms with Crippen LogP contribution in [0.4, 0.5) is 0 Å². The fourth-order valence-corrected chi connectivity index (χ4v) is 3.00. The summed E-state index contributed by atoms with van der Waals surface area (Å²) in [6.07, 6.45) is 0.830. The van der Waals surface area contributed by atoms with E-state index >= 15 is 0 Å². The van der Waals surface area contributed by atoms with Gasteiger partial charge in [0.1, 0.15) is 0 Å². The van der Waals surface area contributed by atoms with Crippen LogP contribution in [0.2, 0.25) is 0 Å². The van der Waals surface area contributed by atoms with Crippen LogP contribution >= 0.6 is 0 Å². The highest BCUT2D eigenvalue weighted by molar-refractivity contribution is 6.00. The van der Waals surface area contributed by atoms with Crippen LogP contribution in [-0.2, 0) is 4.74 Å². The summed E-state index contributed by atoms with van der Waals surface area (Å²) < 4.78 is 5.86. The van der Waals surface area contributed by atoms with E-state index in [9.17, 15) is 4.79 Å². The molecule has 0 saturated carbocycles. The molecule has 0 aliphatic carbocycles. The number of hydrogen-bond donors (Lipinski definition) is 1.